The van der Waals surface area contributed by atoms with Crippen LogP contribution >= 0.6 is 11.3 Å². The van der Waals surface area contributed by atoms with Crippen LogP contribution in [0.5, 0.6) is 0 Å². The number of rotatable bonds is 8. The Bertz CT molecular complexity index is 1460. The zero-order valence-electron chi connectivity index (χ0n) is 21.4. The third kappa shape index (κ3) is 9.07. The lowest BCUT2D eigenvalue weighted by atomic mass is 10.0. The number of esters is 1. The standard InChI is InChI=1S/C27H19N3O3S.C3H7NO/c28-16-23(15-19-7-3-1-4-8-19)26(32)33-17-25(31)30-27-29-24(18-34-27)22-13-11-21(12-14-22)20-9-5-2-6-10-20;1-4(2)3-5/h1-15,18H,17H2,(H,29,30,31);3H,1-2H3/b23-15+;. The van der Waals surface area contributed by atoms with E-state index in [2.05, 4.69) is 22.4 Å². The molecule has 0 aliphatic heterocycles. The zero-order chi connectivity index (χ0) is 28.0. The highest BCUT2D eigenvalue weighted by atomic mass is 32.1. The van der Waals surface area contributed by atoms with Crippen molar-refractivity contribution >= 4 is 40.8 Å². The molecule has 8 nitrogen and oxygen atoms in total. The first-order valence-corrected chi connectivity index (χ1v) is 12.6. The Hall–Kier alpha value is -5.07. The van der Waals surface area contributed by atoms with E-state index in [4.69, 9.17) is 4.74 Å². The SMILES string of the molecule is CN(C)C=O.N#C/C(=C\c1ccccc1)C(=O)OCC(=O)Nc1nc(-c2ccc(-c3ccccc3)cc2)cs1. The van der Waals surface area contributed by atoms with Gasteiger partial charge < -0.3 is 9.64 Å². The van der Waals surface area contributed by atoms with Crippen molar-refractivity contribution in [2.45, 2.75) is 0 Å². The minimum atomic E-state index is -0.861. The number of carbonyl (C=O) groups excluding carboxylic acids is 3. The topological polar surface area (TPSA) is 112 Å². The number of nitrogens with zero attached hydrogens (tertiary/aromatic N) is 3. The number of ether oxygens (including phenoxy) is 1. The number of thiazole rings is 1. The molecule has 0 aliphatic rings. The molecule has 0 radical (unpaired) electrons. The number of carbonyl (C=O) groups is 3. The second-order valence-corrected chi connectivity index (χ2v) is 9.11. The maximum absolute atomic E-state index is 12.2. The summed E-state index contributed by atoms with van der Waals surface area (Å²) in [4.78, 5) is 39.7. The second kappa shape index (κ2) is 14.6. The summed E-state index contributed by atoms with van der Waals surface area (Å²) in [5.74, 6) is -1.40. The summed E-state index contributed by atoms with van der Waals surface area (Å²) < 4.78 is 4.98. The molecule has 0 aliphatic carbocycles. The number of benzene rings is 3. The Morgan fingerprint density at radius 3 is 2.10 bits per heavy atom. The second-order valence-electron chi connectivity index (χ2n) is 8.26. The van der Waals surface area contributed by atoms with Crippen LogP contribution in [0.25, 0.3) is 28.5 Å². The normalized spacial score (nSPS) is 10.3. The third-order valence-electron chi connectivity index (χ3n) is 5.03. The monoisotopic (exact) mass is 538 g/mol. The molecule has 196 valence electrons. The van der Waals surface area contributed by atoms with Gasteiger partial charge in [-0.25, -0.2) is 9.78 Å². The maximum atomic E-state index is 12.2. The van der Waals surface area contributed by atoms with Crippen molar-refractivity contribution in [2.75, 3.05) is 26.0 Å². The summed E-state index contributed by atoms with van der Waals surface area (Å²) in [6, 6.07) is 28.8. The van der Waals surface area contributed by atoms with Gasteiger partial charge >= 0.3 is 5.97 Å². The molecular formula is C30H26N4O4S. The summed E-state index contributed by atoms with van der Waals surface area (Å²) in [5, 5.41) is 14.1. The molecular weight excluding hydrogens is 512 g/mol. The summed E-state index contributed by atoms with van der Waals surface area (Å²) >= 11 is 1.27. The summed E-state index contributed by atoms with van der Waals surface area (Å²) in [7, 11) is 3.38. The fourth-order valence-corrected chi connectivity index (χ4v) is 3.88. The van der Waals surface area contributed by atoms with Crippen molar-refractivity contribution in [3.63, 3.8) is 0 Å². The van der Waals surface area contributed by atoms with Gasteiger partial charge in [-0.1, -0.05) is 84.9 Å². The van der Waals surface area contributed by atoms with Gasteiger partial charge in [-0.15, -0.1) is 11.3 Å². The number of amides is 2. The minimum absolute atomic E-state index is 0.186. The van der Waals surface area contributed by atoms with Crippen LogP contribution in [0.2, 0.25) is 0 Å². The Morgan fingerprint density at radius 2 is 1.51 bits per heavy atom. The quantitative estimate of drug-likeness (QED) is 0.142. The fraction of sp³-hybridized carbons (Fsp3) is 0.100. The molecule has 0 saturated carbocycles. The third-order valence-corrected chi connectivity index (χ3v) is 5.79. The van der Waals surface area contributed by atoms with Crippen molar-refractivity contribution in [2.24, 2.45) is 0 Å². The van der Waals surface area contributed by atoms with E-state index in [1.807, 2.05) is 53.9 Å². The predicted octanol–water partition coefficient (Wildman–Crippen LogP) is 5.27. The van der Waals surface area contributed by atoms with Crippen LogP contribution in [-0.2, 0) is 19.1 Å². The van der Waals surface area contributed by atoms with Gasteiger partial charge in [0.15, 0.2) is 11.7 Å². The highest BCUT2D eigenvalue weighted by Crippen LogP contribution is 2.27. The highest BCUT2D eigenvalue weighted by Gasteiger charge is 2.14. The molecule has 4 rings (SSSR count). The summed E-state index contributed by atoms with van der Waals surface area (Å²) in [6.45, 7) is -0.521. The lowest BCUT2D eigenvalue weighted by molar-refractivity contribution is -0.142. The van der Waals surface area contributed by atoms with Crippen LogP contribution in [0.4, 0.5) is 5.13 Å². The molecule has 1 aromatic heterocycles. The van der Waals surface area contributed by atoms with Crippen molar-refractivity contribution < 1.29 is 19.1 Å². The van der Waals surface area contributed by atoms with E-state index >= 15 is 0 Å². The van der Waals surface area contributed by atoms with Gasteiger partial charge in [0.2, 0.25) is 6.41 Å². The van der Waals surface area contributed by atoms with Gasteiger partial charge in [0, 0.05) is 25.0 Å². The molecule has 39 heavy (non-hydrogen) atoms. The largest absolute Gasteiger partial charge is 0.451 e. The van der Waals surface area contributed by atoms with Crippen molar-refractivity contribution in [3.8, 4) is 28.5 Å². The molecule has 0 atom stereocenters. The number of nitriles is 1. The predicted molar refractivity (Wildman–Crippen MR) is 152 cm³/mol. The van der Waals surface area contributed by atoms with Crippen molar-refractivity contribution in [1.29, 1.82) is 5.26 Å². The lowest BCUT2D eigenvalue weighted by Crippen LogP contribution is -2.21. The van der Waals surface area contributed by atoms with Crippen molar-refractivity contribution in [3.05, 3.63) is 101 Å². The van der Waals surface area contributed by atoms with Crippen LogP contribution in [0.1, 0.15) is 5.56 Å². The molecule has 9 heteroatoms. The van der Waals surface area contributed by atoms with E-state index in [0.29, 0.717) is 10.7 Å². The first kappa shape index (κ1) is 28.5. The Morgan fingerprint density at radius 1 is 0.949 bits per heavy atom. The maximum Gasteiger partial charge on any atom is 0.349 e. The molecule has 0 spiro atoms. The summed E-state index contributed by atoms with van der Waals surface area (Å²) in [5.41, 5.74) is 4.39. The first-order valence-electron chi connectivity index (χ1n) is 11.8. The van der Waals surface area contributed by atoms with Gasteiger partial charge in [0.25, 0.3) is 5.91 Å². The molecule has 2 amide bonds. The van der Waals surface area contributed by atoms with Crippen LogP contribution in [0.15, 0.2) is 95.9 Å². The Labute approximate surface area is 230 Å². The summed E-state index contributed by atoms with van der Waals surface area (Å²) in [6.07, 6.45) is 2.16. The van der Waals surface area contributed by atoms with Crippen LogP contribution in [0.3, 0.4) is 0 Å². The van der Waals surface area contributed by atoms with Crippen LogP contribution < -0.4 is 5.32 Å². The smallest absolute Gasteiger partial charge is 0.349 e. The number of hydrogen-bond donors (Lipinski definition) is 1. The van der Waals surface area contributed by atoms with Crippen molar-refractivity contribution in [1.82, 2.24) is 9.88 Å². The van der Waals surface area contributed by atoms with E-state index in [1.165, 1.54) is 22.3 Å². The van der Waals surface area contributed by atoms with E-state index < -0.39 is 18.5 Å². The van der Waals surface area contributed by atoms with Crippen LogP contribution in [-0.4, -0.2) is 48.9 Å². The Balaban J connectivity index is 0.000000771. The number of aromatic nitrogens is 1. The zero-order valence-corrected chi connectivity index (χ0v) is 22.2. The van der Waals surface area contributed by atoms with Crippen LogP contribution in [0, 0.1) is 11.3 Å². The van der Waals surface area contributed by atoms with Gasteiger partial charge in [-0.3, -0.25) is 14.9 Å². The molecule has 1 N–H and O–H groups in total. The molecule has 0 bridgehead atoms. The lowest BCUT2D eigenvalue weighted by Gasteiger charge is -2.04. The van der Waals surface area contributed by atoms with Gasteiger partial charge in [-0.2, -0.15) is 5.26 Å². The van der Waals surface area contributed by atoms with E-state index in [9.17, 15) is 19.6 Å². The van der Waals surface area contributed by atoms with Gasteiger partial charge in [-0.05, 0) is 22.8 Å². The molecule has 0 saturated heterocycles. The Kier molecular flexibility index (Phi) is 10.7. The average Bonchev–Trinajstić information content (AvgIpc) is 3.44. The van der Waals surface area contributed by atoms with Gasteiger partial charge in [0.05, 0.1) is 5.69 Å². The van der Waals surface area contributed by atoms with Gasteiger partial charge in [0.1, 0.15) is 11.6 Å². The minimum Gasteiger partial charge on any atom is -0.451 e. The van der Waals surface area contributed by atoms with E-state index in [0.717, 1.165) is 28.8 Å². The first-order chi connectivity index (χ1) is 18.9. The molecule has 4 aromatic rings. The molecule has 0 fully saturated rings. The average molecular weight is 539 g/mol. The molecule has 0 unspecified atom stereocenters. The van der Waals surface area contributed by atoms with E-state index in [1.54, 1.807) is 44.4 Å². The number of hydrogen-bond acceptors (Lipinski definition) is 7. The number of anilines is 1. The fourth-order valence-electron chi connectivity index (χ4n) is 3.14. The van der Waals surface area contributed by atoms with E-state index in [-0.39, 0.29) is 5.57 Å². The molecule has 3 aromatic carbocycles. The molecule has 1 heterocycles. The number of nitrogens with one attached hydrogen (secondary N) is 1. The highest BCUT2D eigenvalue weighted by molar-refractivity contribution is 7.14.